The second kappa shape index (κ2) is 7.36. The molecule has 2 rings (SSSR count). The summed E-state index contributed by atoms with van der Waals surface area (Å²) in [6, 6.07) is 1.25. The lowest BCUT2D eigenvalue weighted by Crippen LogP contribution is -2.41. The van der Waals surface area contributed by atoms with Gasteiger partial charge in [0.25, 0.3) is 5.91 Å². The summed E-state index contributed by atoms with van der Waals surface area (Å²) in [6.45, 7) is 6.46. The fourth-order valence-corrected chi connectivity index (χ4v) is 2.54. The standard InChI is InChI=1S/C15H22FN3O2/c1-3-17-14-13(9-11(16)10-18-14)15(20)19-7-5-12(6-8-19)21-4-2/h9-10,12H,3-8H2,1-2H3,(H,17,18). The van der Waals surface area contributed by atoms with Crippen LogP contribution < -0.4 is 5.32 Å². The third-order valence-corrected chi connectivity index (χ3v) is 3.56. The van der Waals surface area contributed by atoms with Crippen LogP contribution in [0.3, 0.4) is 0 Å². The molecule has 1 aliphatic rings. The second-order valence-corrected chi connectivity index (χ2v) is 5.03. The van der Waals surface area contributed by atoms with Gasteiger partial charge in [-0.1, -0.05) is 0 Å². The highest BCUT2D eigenvalue weighted by Crippen LogP contribution is 2.20. The average Bonchev–Trinajstić information content (AvgIpc) is 2.50. The Labute approximate surface area is 124 Å². The zero-order valence-corrected chi connectivity index (χ0v) is 12.6. The Morgan fingerprint density at radius 3 is 2.81 bits per heavy atom. The van der Waals surface area contributed by atoms with E-state index in [1.54, 1.807) is 4.90 Å². The van der Waals surface area contributed by atoms with Gasteiger partial charge in [0.1, 0.15) is 11.6 Å². The Bertz CT molecular complexity index is 488. The van der Waals surface area contributed by atoms with Gasteiger partial charge in [0.05, 0.1) is 17.9 Å². The predicted octanol–water partition coefficient (Wildman–Crippen LogP) is 2.29. The van der Waals surface area contributed by atoms with Crippen molar-refractivity contribution in [3.05, 3.63) is 23.6 Å². The van der Waals surface area contributed by atoms with Crippen LogP contribution in [0.15, 0.2) is 12.3 Å². The van der Waals surface area contributed by atoms with Gasteiger partial charge >= 0.3 is 0 Å². The summed E-state index contributed by atoms with van der Waals surface area (Å²) < 4.78 is 19.0. The molecule has 0 radical (unpaired) electrons. The van der Waals surface area contributed by atoms with Crippen molar-refractivity contribution in [3.63, 3.8) is 0 Å². The number of carbonyl (C=O) groups excluding carboxylic acids is 1. The van der Waals surface area contributed by atoms with Gasteiger partial charge < -0.3 is 15.0 Å². The molecule has 1 aromatic heterocycles. The molecule has 0 atom stereocenters. The van der Waals surface area contributed by atoms with E-state index in [4.69, 9.17) is 4.74 Å². The molecular weight excluding hydrogens is 273 g/mol. The van der Waals surface area contributed by atoms with Crippen molar-refractivity contribution in [1.29, 1.82) is 0 Å². The fraction of sp³-hybridized carbons (Fsp3) is 0.600. The summed E-state index contributed by atoms with van der Waals surface area (Å²) in [5, 5.41) is 3.00. The van der Waals surface area contributed by atoms with Gasteiger partial charge in [-0.3, -0.25) is 4.79 Å². The highest BCUT2D eigenvalue weighted by atomic mass is 19.1. The van der Waals surface area contributed by atoms with E-state index in [-0.39, 0.29) is 12.0 Å². The molecule has 1 saturated heterocycles. The largest absolute Gasteiger partial charge is 0.378 e. The van der Waals surface area contributed by atoms with Crippen LogP contribution in [0, 0.1) is 5.82 Å². The van der Waals surface area contributed by atoms with Crippen LogP contribution in [-0.2, 0) is 4.74 Å². The number of piperidine rings is 1. The van der Waals surface area contributed by atoms with Gasteiger partial charge in [-0.25, -0.2) is 9.37 Å². The molecule has 6 heteroatoms. The Morgan fingerprint density at radius 2 is 2.19 bits per heavy atom. The molecule has 0 bridgehead atoms. The lowest BCUT2D eigenvalue weighted by Gasteiger charge is -2.32. The molecule has 1 aromatic rings. The third-order valence-electron chi connectivity index (χ3n) is 3.56. The van der Waals surface area contributed by atoms with Crippen molar-refractivity contribution in [2.24, 2.45) is 0 Å². The number of anilines is 1. The minimum Gasteiger partial charge on any atom is -0.378 e. The summed E-state index contributed by atoms with van der Waals surface area (Å²) >= 11 is 0. The number of hydrogen-bond acceptors (Lipinski definition) is 4. The molecule has 1 fully saturated rings. The van der Waals surface area contributed by atoms with Crippen LogP contribution in [0.1, 0.15) is 37.0 Å². The fourth-order valence-electron chi connectivity index (χ4n) is 2.54. The number of aromatic nitrogens is 1. The molecule has 5 nitrogen and oxygen atoms in total. The highest BCUT2D eigenvalue weighted by molar-refractivity contribution is 5.98. The van der Waals surface area contributed by atoms with Gasteiger partial charge in [0.2, 0.25) is 0 Å². The van der Waals surface area contributed by atoms with E-state index < -0.39 is 5.82 Å². The average molecular weight is 295 g/mol. The van der Waals surface area contributed by atoms with E-state index in [1.807, 2.05) is 13.8 Å². The number of rotatable bonds is 5. The first-order valence-corrected chi connectivity index (χ1v) is 7.46. The normalized spacial score (nSPS) is 16.0. The summed E-state index contributed by atoms with van der Waals surface area (Å²) in [5.41, 5.74) is 0.298. The number of likely N-dealkylation sites (tertiary alicyclic amines) is 1. The van der Waals surface area contributed by atoms with Gasteiger partial charge in [-0.15, -0.1) is 0 Å². The number of carbonyl (C=O) groups is 1. The second-order valence-electron chi connectivity index (χ2n) is 5.03. The first-order chi connectivity index (χ1) is 10.2. The Hall–Kier alpha value is -1.69. The first kappa shape index (κ1) is 15.7. The van der Waals surface area contributed by atoms with Crippen molar-refractivity contribution < 1.29 is 13.9 Å². The first-order valence-electron chi connectivity index (χ1n) is 7.46. The minimum absolute atomic E-state index is 0.173. The molecule has 0 saturated carbocycles. The van der Waals surface area contributed by atoms with Gasteiger partial charge in [-0.05, 0) is 32.8 Å². The monoisotopic (exact) mass is 295 g/mol. The van der Waals surface area contributed by atoms with E-state index in [9.17, 15) is 9.18 Å². The van der Waals surface area contributed by atoms with Crippen molar-refractivity contribution in [3.8, 4) is 0 Å². The molecule has 1 N–H and O–H groups in total. The van der Waals surface area contributed by atoms with Crippen molar-refractivity contribution in [2.45, 2.75) is 32.8 Å². The third kappa shape index (κ3) is 3.91. The summed E-state index contributed by atoms with van der Waals surface area (Å²) in [5.74, 6) is -0.229. The molecule has 0 spiro atoms. The molecule has 21 heavy (non-hydrogen) atoms. The van der Waals surface area contributed by atoms with E-state index in [2.05, 4.69) is 10.3 Å². The number of halogens is 1. The lowest BCUT2D eigenvalue weighted by atomic mass is 10.1. The molecule has 0 aliphatic carbocycles. The molecule has 1 amide bonds. The summed E-state index contributed by atoms with van der Waals surface area (Å²) in [6.07, 6.45) is 2.98. The quantitative estimate of drug-likeness (QED) is 0.905. The van der Waals surface area contributed by atoms with E-state index in [0.717, 1.165) is 19.0 Å². The maximum atomic E-state index is 13.4. The van der Waals surface area contributed by atoms with E-state index >= 15 is 0 Å². The topological polar surface area (TPSA) is 54.5 Å². The predicted molar refractivity (Wildman–Crippen MR) is 78.9 cm³/mol. The number of hydrogen-bond donors (Lipinski definition) is 1. The maximum absolute atomic E-state index is 13.4. The number of nitrogens with zero attached hydrogens (tertiary/aromatic N) is 2. The summed E-state index contributed by atoms with van der Waals surface area (Å²) in [4.78, 5) is 18.3. The van der Waals surface area contributed by atoms with E-state index in [1.165, 1.54) is 6.07 Å². The number of pyridine rings is 1. The summed E-state index contributed by atoms with van der Waals surface area (Å²) in [7, 11) is 0. The van der Waals surface area contributed by atoms with Crippen LogP contribution in [0.2, 0.25) is 0 Å². The Morgan fingerprint density at radius 1 is 1.48 bits per heavy atom. The molecule has 116 valence electrons. The number of amides is 1. The van der Waals surface area contributed by atoms with Gasteiger partial charge in [0.15, 0.2) is 0 Å². The zero-order chi connectivity index (χ0) is 15.2. The van der Waals surface area contributed by atoms with Crippen molar-refractivity contribution >= 4 is 11.7 Å². The number of ether oxygens (including phenoxy) is 1. The highest BCUT2D eigenvalue weighted by Gasteiger charge is 2.26. The van der Waals surface area contributed by atoms with E-state index in [0.29, 0.717) is 37.6 Å². The lowest BCUT2D eigenvalue weighted by molar-refractivity contribution is 0.0146. The van der Waals surface area contributed by atoms with Crippen LogP contribution >= 0.6 is 0 Å². The smallest absolute Gasteiger partial charge is 0.257 e. The number of nitrogens with one attached hydrogen (secondary N) is 1. The molecule has 1 aliphatic heterocycles. The zero-order valence-electron chi connectivity index (χ0n) is 12.6. The van der Waals surface area contributed by atoms with Crippen LogP contribution in [0.4, 0.5) is 10.2 Å². The van der Waals surface area contributed by atoms with Gasteiger partial charge in [0, 0.05) is 26.2 Å². The van der Waals surface area contributed by atoms with Crippen molar-refractivity contribution in [1.82, 2.24) is 9.88 Å². The van der Waals surface area contributed by atoms with Crippen LogP contribution in [0.25, 0.3) is 0 Å². The maximum Gasteiger partial charge on any atom is 0.257 e. The molecule has 0 aromatic carbocycles. The Balaban J connectivity index is 2.08. The minimum atomic E-state index is -0.496. The molecule has 0 unspecified atom stereocenters. The SMILES string of the molecule is CCNc1ncc(F)cc1C(=O)N1CCC(OCC)CC1. The van der Waals surface area contributed by atoms with Crippen LogP contribution in [-0.4, -0.2) is 48.1 Å². The van der Waals surface area contributed by atoms with Crippen LogP contribution in [0.5, 0.6) is 0 Å². The molecular formula is C15H22FN3O2. The van der Waals surface area contributed by atoms with Gasteiger partial charge in [-0.2, -0.15) is 0 Å². The van der Waals surface area contributed by atoms with Crippen molar-refractivity contribution in [2.75, 3.05) is 31.6 Å². The molecule has 2 heterocycles. The Kier molecular flexibility index (Phi) is 5.50.